The zero-order valence-electron chi connectivity index (χ0n) is 22.6. The van der Waals surface area contributed by atoms with Crippen molar-refractivity contribution in [3.8, 4) is 0 Å². The Labute approximate surface area is 214 Å². The van der Waals surface area contributed by atoms with Gasteiger partial charge >= 0.3 is 12.1 Å². The minimum Gasteiger partial charge on any atom is -0.468 e. The van der Waals surface area contributed by atoms with Gasteiger partial charge < -0.3 is 25.0 Å². The molecule has 36 heavy (non-hydrogen) atoms. The SMILES string of the molecule is CCc1ccc(C(C(=O)NCC(=O)OC)N(C(=O)C(CC(C)C)NC(=O)OC(C)(C)C)C2CC2)cc1. The summed E-state index contributed by atoms with van der Waals surface area (Å²) in [5, 5.41) is 5.34. The number of carbonyl (C=O) groups excluding carboxylic acids is 4. The molecule has 2 rings (SSSR count). The number of esters is 1. The van der Waals surface area contributed by atoms with Crippen molar-refractivity contribution in [1.82, 2.24) is 15.5 Å². The van der Waals surface area contributed by atoms with E-state index in [1.54, 1.807) is 25.7 Å². The molecule has 1 aromatic rings. The van der Waals surface area contributed by atoms with Gasteiger partial charge in [0.1, 0.15) is 24.2 Å². The number of hydrogen-bond donors (Lipinski definition) is 2. The van der Waals surface area contributed by atoms with Gasteiger partial charge in [0.15, 0.2) is 0 Å². The van der Waals surface area contributed by atoms with Crippen LogP contribution in [-0.2, 0) is 30.3 Å². The van der Waals surface area contributed by atoms with Crippen LogP contribution >= 0.6 is 0 Å². The number of hydrogen-bond acceptors (Lipinski definition) is 6. The Hall–Kier alpha value is -3.10. The van der Waals surface area contributed by atoms with Crippen molar-refractivity contribution < 1.29 is 28.7 Å². The van der Waals surface area contributed by atoms with E-state index in [-0.39, 0.29) is 24.4 Å². The molecule has 0 heterocycles. The average molecular weight is 504 g/mol. The standard InChI is InChI=1S/C27H41N3O6/c1-8-18-9-11-19(12-10-18)23(24(32)28-16-22(31)35-7)30(20-13-14-20)25(33)21(15-17(2)3)29-26(34)36-27(4,5)6/h9-12,17,20-21,23H,8,13-16H2,1-7H3,(H,28,32)(H,29,34). The Bertz CT molecular complexity index is 918. The van der Waals surface area contributed by atoms with Gasteiger partial charge in [-0.3, -0.25) is 14.4 Å². The van der Waals surface area contributed by atoms with Gasteiger partial charge in [0.05, 0.1) is 7.11 Å². The Morgan fingerprint density at radius 1 is 1.08 bits per heavy atom. The molecule has 3 amide bonds. The Kier molecular flexibility index (Phi) is 10.3. The highest BCUT2D eigenvalue weighted by Crippen LogP contribution is 2.36. The lowest BCUT2D eigenvalue weighted by molar-refractivity contribution is -0.145. The fourth-order valence-corrected chi connectivity index (χ4v) is 3.90. The molecule has 200 valence electrons. The summed E-state index contributed by atoms with van der Waals surface area (Å²) in [5.74, 6) is -1.32. The zero-order chi connectivity index (χ0) is 27.0. The molecular weight excluding hydrogens is 462 g/mol. The maximum absolute atomic E-state index is 14.0. The van der Waals surface area contributed by atoms with Crippen molar-refractivity contribution in [2.45, 2.75) is 91.0 Å². The van der Waals surface area contributed by atoms with Crippen LogP contribution in [0.3, 0.4) is 0 Å². The first-order valence-corrected chi connectivity index (χ1v) is 12.6. The van der Waals surface area contributed by atoms with Crippen LogP contribution < -0.4 is 10.6 Å². The predicted molar refractivity (Wildman–Crippen MR) is 136 cm³/mol. The van der Waals surface area contributed by atoms with Crippen molar-refractivity contribution in [2.75, 3.05) is 13.7 Å². The van der Waals surface area contributed by atoms with Gasteiger partial charge in [0, 0.05) is 6.04 Å². The van der Waals surface area contributed by atoms with Crippen LogP contribution in [0.4, 0.5) is 4.79 Å². The minimum absolute atomic E-state index is 0.102. The van der Waals surface area contributed by atoms with Gasteiger partial charge in [-0.25, -0.2) is 4.79 Å². The molecule has 1 saturated carbocycles. The van der Waals surface area contributed by atoms with Crippen molar-refractivity contribution in [2.24, 2.45) is 5.92 Å². The van der Waals surface area contributed by atoms with E-state index in [1.807, 2.05) is 45.0 Å². The highest BCUT2D eigenvalue weighted by molar-refractivity contribution is 5.93. The first kappa shape index (κ1) is 29.1. The lowest BCUT2D eigenvalue weighted by atomic mass is 9.98. The third-order valence-corrected chi connectivity index (χ3v) is 5.76. The molecule has 0 radical (unpaired) electrons. The zero-order valence-corrected chi connectivity index (χ0v) is 22.6. The molecule has 1 aliphatic carbocycles. The number of nitrogens with zero attached hydrogens (tertiary/aromatic N) is 1. The number of alkyl carbamates (subject to hydrolysis) is 1. The molecule has 1 aliphatic rings. The summed E-state index contributed by atoms with van der Waals surface area (Å²) in [6.45, 7) is 10.9. The summed E-state index contributed by atoms with van der Waals surface area (Å²) in [6, 6.07) is 5.55. The molecule has 0 aliphatic heterocycles. The first-order chi connectivity index (χ1) is 16.9. The summed E-state index contributed by atoms with van der Waals surface area (Å²) in [5.41, 5.74) is 1.01. The first-order valence-electron chi connectivity index (χ1n) is 12.6. The van der Waals surface area contributed by atoms with Crippen LogP contribution in [0, 0.1) is 5.92 Å². The molecule has 1 aromatic carbocycles. The highest BCUT2D eigenvalue weighted by Gasteiger charge is 2.44. The van der Waals surface area contributed by atoms with Crippen molar-refractivity contribution >= 4 is 23.9 Å². The molecule has 0 spiro atoms. The Morgan fingerprint density at radius 2 is 1.69 bits per heavy atom. The van der Waals surface area contributed by atoms with Crippen LogP contribution in [0.2, 0.25) is 0 Å². The molecule has 0 bridgehead atoms. The van der Waals surface area contributed by atoms with E-state index < -0.39 is 35.7 Å². The summed E-state index contributed by atoms with van der Waals surface area (Å²) in [6.07, 6.45) is 2.03. The van der Waals surface area contributed by atoms with Gasteiger partial charge in [0.25, 0.3) is 0 Å². The van der Waals surface area contributed by atoms with E-state index in [0.29, 0.717) is 12.0 Å². The molecule has 0 aromatic heterocycles. The predicted octanol–water partition coefficient (Wildman–Crippen LogP) is 3.51. The molecule has 2 N–H and O–H groups in total. The summed E-state index contributed by atoms with van der Waals surface area (Å²) in [7, 11) is 1.24. The number of aryl methyl sites for hydroxylation is 1. The smallest absolute Gasteiger partial charge is 0.408 e. The third-order valence-electron chi connectivity index (χ3n) is 5.76. The fraction of sp³-hybridized carbons (Fsp3) is 0.630. The number of methoxy groups -OCH3 is 1. The van der Waals surface area contributed by atoms with Gasteiger partial charge in [-0.1, -0.05) is 45.0 Å². The van der Waals surface area contributed by atoms with Gasteiger partial charge in [0.2, 0.25) is 11.8 Å². The van der Waals surface area contributed by atoms with E-state index >= 15 is 0 Å². The summed E-state index contributed by atoms with van der Waals surface area (Å²) in [4.78, 5) is 53.3. The molecule has 9 heteroatoms. The number of nitrogens with one attached hydrogen (secondary N) is 2. The molecule has 1 fully saturated rings. The van der Waals surface area contributed by atoms with Crippen molar-refractivity contribution in [1.29, 1.82) is 0 Å². The lowest BCUT2D eigenvalue weighted by Gasteiger charge is -2.35. The van der Waals surface area contributed by atoms with E-state index in [1.165, 1.54) is 7.11 Å². The summed E-state index contributed by atoms with van der Waals surface area (Å²) >= 11 is 0. The number of carbonyl (C=O) groups is 4. The Balaban J connectivity index is 2.43. The molecule has 9 nitrogen and oxygen atoms in total. The number of amides is 3. The monoisotopic (exact) mass is 503 g/mol. The second-order valence-corrected chi connectivity index (χ2v) is 10.6. The minimum atomic E-state index is -0.962. The Morgan fingerprint density at radius 3 is 2.17 bits per heavy atom. The second-order valence-electron chi connectivity index (χ2n) is 10.6. The van der Waals surface area contributed by atoms with Crippen LogP contribution in [0.25, 0.3) is 0 Å². The topological polar surface area (TPSA) is 114 Å². The average Bonchev–Trinajstić information content (AvgIpc) is 3.63. The maximum Gasteiger partial charge on any atom is 0.408 e. The second kappa shape index (κ2) is 12.7. The van der Waals surface area contributed by atoms with Crippen LogP contribution in [0.15, 0.2) is 24.3 Å². The lowest BCUT2D eigenvalue weighted by Crippen LogP contribution is -2.54. The third kappa shape index (κ3) is 8.84. The van der Waals surface area contributed by atoms with Crippen LogP contribution in [-0.4, -0.2) is 60.1 Å². The van der Waals surface area contributed by atoms with Gasteiger partial charge in [-0.2, -0.15) is 0 Å². The van der Waals surface area contributed by atoms with Gasteiger partial charge in [-0.15, -0.1) is 0 Å². The van der Waals surface area contributed by atoms with E-state index in [9.17, 15) is 19.2 Å². The van der Waals surface area contributed by atoms with Gasteiger partial charge in [-0.05, 0) is 63.5 Å². The quantitative estimate of drug-likeness (QED) is 0.447. The molecule has 2 unspecified atom stereocenters. The summed E-state index contributed by atoms with van der Waals surface area (Å²) < 4.78 is 10.1. The normalized spacial score (nSPS) is 15.0. The van der Waals surface area contributed by atoms with E-state index in [0.717, 1.165) is 24.8 Å². The molecule has 2 atom stereocenters. The number of rotatable bonds is 11. The van der Waals surface area contributed by atoms with E-state index in [4.69, 9.17) is 4.74 Å². The van der Waals surface area contributed by atoms with Crippen LogP contribution in [0.1, 0.15) is 78.0 Å². The maximum atomic E-state index is 14.0. The molecule has 0 saturated heterocycles. The van der Waals surface area contributed by atoms with Crippen molar-refractivity contribution in [3.63, 3.8) is 0 Å². The number of ether oxygens (including phenoxy) is 2. The number of benzene rings is 1. The largest absolute Gasteiger partial charge is 0.468 e. The van der Waals surface area contributed by atoms with Crippen LogP contribution in [0.5, 0.6) is 0 Å². The highest BCUT2D eigenvalue weighted by atomic mass is 16.6. The van der Waals surface area contributed by atoms with Crippen molar-refractivity contribution in [3.05, 3.63) is 35.4 Å². The van der Waals surface area contributed by atoms with E-state index in [2.05, 4.69) is 15.4 Å². The fourth-order valence-electron chi connectivity index (χ4n) is 3.90. The molecular formula is C27H41N3O6.